The molecule has 2 rings (SSSR count). The number of ether oxygens (including phenoxy) is 3. The molecule has 4 heteroatoms. The predicted octanol–water partition coefficient (Wildman–Crippen LogP) is 3.94. The van der Waals surface area contributed by atoms with E-state index in [1.807, 2.05) is 24.3 Å². The first-order valence-electron chi connectivity index (χ1n) is 5.80. The van der Waals surface area contributed by atoms with Gasteiger partial charge in [-0.05, 0) is 35.2 Å². The molecule has 0 bridgehead atoms. The van der Waals surface area contributed by atoms with Crippen LogP contribution >= 0.6 is 11.3 Å². The molecular formula is C15H16O3S. The molecule has 1 aromatic carbocycles. The Bertz CT molecular complexity index is 534. The van der Waals surface area contributed by atoms with Crippen molar-refractivity contribution in [1.82, 2.24) is 0 Å². The van der Waals surface area contributed by atoms with E-state index in [0.29, 0.717) is 17.2 Å². The highest BCUT2D eigenvalue weighted by molar-refractivity contribution is 7.10. The Morgan fingerprint density at radius 2 is 1.63 bits per heavy atom. The van der Waals surface area contributed by atoms with Crippen molar-refractivity contribution in [1.29, 1.82) is 0 Å². The molecule has 19 heavy (non-hydrogen) atoms. The molecule has 0 aliphatic rings. The maximum absolute atomic E-state index is 5.32. The van der Waals surface area contributed by atoms with Crippen LogP contribution in [0.15, 0.2) is 29.6 Å². The SMILES string of the molecule is COc1cc(/C=C\c2cccs2)cc(OC)c1OC. The molecule has 0 radical (unpaired) electrons. The summed E-state index contributed by atoms with van der Waals surface area (Å²) in [4.78, 5) is 1.20. The first kappa shape index (κ1) is 13.5. The van der Waals surface area contributed by atoms with E-state index in [4.69, 9.17) is 14.2 Å². The van der Waals surface area contributed by atoms with Gasteiger partial charge in [0.15, 0.2) is 11.5 Å². The summed E-state index contributed by atoms with van der Waals surface area (Å²) in [5.41, 5.74) is 1.00. The highest BCUT2D eigenvalue weighted by atomic mass is 32.1. The minimum Gasteiger partial charge on any atom is -0.493 e. The second-order valence-electron chi connectivity index (χ2n) is 3.81. The number of benzene rings is 1. The molecular weight excluding hydrogens is 260 g/mol. The molecule has 0 atom stereocenters. The molecule has 0 saturated carbocycles. The summed E-state index contributed by atoms with van der Waals surface area (Å²) in [5.74, 6) is 1.93. The first-order chi connectivity index (χ1) is 9.28. The number of hydrogen-bond acceptors (Lipinski definition) is 4. The third-order valence-corrected chi connectivity index (χ3v) is 3.51. The highest BCUT2D eigenvalue weighted by Gasteiger charge is 2.11. The molecule has 2 aromatic rings. The molecule has 0 saturated heterocycles. The fraction of sp³-hybridized carbons (Fsp3) is 0.200. The molecule has 0 unspecified atom stereocenters. The van der Waals surface area contributed by atoms with Gasteiger partial charge in [0.05, 0.1) is 21.3 Å². The van der Waals surface area contributed by atoms with Crippen molar-refractivity contribution in [2.45, 2.75) is 0 Å². The number of thiophene rings is 1. The molecule has 0 amide bonds. The fourth-order valence-electron chi connectivity index (χ4n) is 1.76. The van der Waals surface area contributed by atoms with Crippen molar-refractivity contribution in [2.75, 3.05) is 21.3 Å². The van der Waals surface area contributed by atoms with Crippen LogP contribution in [0.25, 0.3) is 12.2 Å². The largest absolute Gasteiger partial charge is 0.493 e. The summed E-state index contributed by atoms with van der Waals surface area (Å²) in [6.45, 7) is 0. The van der Waals surface area contributed by atoms with Gasteiger partial charge in [0.25, 0.3) is 0 Å². The van der Waals surface area contributed by atoms with Crippen LogP contribution in [0.1, 0.15) is 10.4 Å². The van der Waals surface area contributed by atoms with Crippen molar-refractivity contribution in [2.24, 2.45) is 0 Å². The molecule has 0 aliphatic heterocycles. The van der Waals surface area contributed by atoms with Crippen LogP contribution in [0.3, 0.4) is 0 Å². The number of rotatable bonds is 5. The van der Waals surface area contributed by atoms with Crippen molar-refractivity contribution in [3.05, 3.63) is 40.1 Å². The van der Waals surface area contributed by atoms with E-state index in [9.17, 15) is 0 Å². The molecule has 100 valence electrons. The van der Waals surface area contributed by atoms with E-state index < -0.39 is 0 Å². The van der Waals surface area contributed by atoms with Crippen LogP contribution in [0.2, 0.25) is 0 Å². The Hall–Kier alpha value is -1.94. The van der Waals surface area contributed by atoms with E-state index in [-0.39, 0.29) is 0 Å². The lowest BCUT2D eigenvalue weighted by molar-refractivity contribution is 0.324. The standard InChI is InChI=1S/C15H16O3S/c1-16-13-9-11(6-7-12-5-4-8-19-12)10-14(17-2)15(13)18-3/h4-10H,1-3H3/b7-6-. The normalized spacial score (nSPS) is 10.7. The minimum atomic E-state index is 0.610. The maximum Gasteiger partial charge on any atom is 0.203 e. The van der Waals surface area contributed by atoms with Gasteiger partial charge in [-0.25, -0.2) is 0 Å². The van der Waals surface area contributed by atoms with Crippen molar-refractivity contribution in [3.63, 3.8) is 0 Å². The summed E-state index contributed by atoms with van der Waals surface area (Å²) in [7, 11) is 4.83. The molecule has 0 fully saturated rings. The van der Waals surface area contributed by atoms with Gasteiger partial charge in [0.1, 0.15) is 0 Å². The van der Waals surface area contributed by atoms with E-state index >= 15 is 0 Å². The lowest BCUT2D eigenvalue weighted by Crippen LogP contribution is -1.95. The molecule has 0 spiro atoms. The van der Waals surface area contributed by atoms with Gasteiger partial charge in [-0.3, -0.25) is 0 Å². The van der Waals surface area contributed by atoms with Crippen LogP contribution in [0.5, 0.6) is 17.2 Å². The van der Waals surface area contributed by atoms with Crippen LogP contribution < -0.4 is 14.2 Å². The molecule has 0 aliphatic carbocycles. The van der Waals surface area contributed by atoms with Gasteiger partial charge >= 0.3 is 0 Å². The maximum atomic E-state index is 5.32. The number of methoxy groups -OCH3 is 3. The lowest BCUT2D eigenvalue weighted by Gasteiger charge is -2.12. The Morgan fingerprint density at radius 3 is 2.11 bits per heavy atom. The monoisotopic (exact) mass is 276 g/mol. The molecule has 1 aromatic heterocycles. The quantitative estimate of drug-likeness (QED) is 0.827. The number of hydrogen-bond donors (Lipinski definition) is 0. The van der Waals surface area contributed by atoms with Crippen LogP contribution in [-0.4, -0.2) is 21.3 Å². The Kier molecular flexibility index (Phi) is 4.47. The van der Waals surface area contributed by atoms with Crippen molar-refractivity contribution in [3.8, 4) is 17.2 Å². The predicted molar refractivity (Wildman–Crippen MR) is 79.3 cm³/mol. The summed E-state index contributed by atoms with van der Waals surface area (Å²) in [6.07, 6.45) is 4.08. The van der Waals surface area contributed by atoms with Crippen LogP contribution in [0, 0.1) is 0 Å². The third-order valence-electron chi connectivity index (χ3n) is 2.67. The lowest BCUT2D eigenvalue weighted by atomic mass is 10.1. The topological polar surface area (TPSA) is 27.7 Å². The van der Waals surface area contributed by atoms with Gasteiger partial charge < -0.3 is 14.2 Å². The van der Waals surface area contributed by atoms with Crippen molar-refractivity contribution >= 4 is 23.5 Å². The van der Waals surface area contributed by atoms with E-state index in [0.717, 1.165) is 5.56 Å². The smallest absolute Gasteiger partial charge is 0.203 e. The van der Waals surface area contributed by atoms with Crippen LogP contribution in [0.4, 0.5) is 0 Å². The second-order valence-corrected chi connectivity index (χ2v) is 4.79. The first-order valence-corrected chi connectivity index (χ1v) is 6.68. The fourth-order valence-corrected chi connectivity index (χ4v) is 2.38. The van der Waals surface area contributed by atoms with E-state index in [1.165, 1.54) is 4.88 Å². The van der Waals surface area contributed by atoms with E-state index in [2.05, 4.69) is 17.5 Å². The summed E-state index contributed by atoms with van der Waals surface area (Å²) in [5, 5.41) is 2.05. The Balaban J connectivity index is 2.36. The molecule has 0 N–H and O–H groups in total. The summed E-state index contributed by atoms with van der Waals surface area (Å²) < 4.78 is 15.9. The summed E-state index contributed by atoms with van der Waals surface area (Å²) >= 11 is 1.70. The average molecular weight is 276 g/mol. The zero-order valence-electron chi connectivity index (χ0n) is 11.2. The van der Waals surface area contributed by atoms with Crippen molar-refractivity contribution < 1.29 is 14.2 Å². The van der Waals surface area contributed by atoms with Gasteiger partial charge in [-0.1, -0.05) is 12.1 Å². The summed E-state index contributed by atoms with van der Waals surface area (Å²) in [6, 6.07) is 7.94. The van der Waals surface area contributed by atoms with Gasteiger partial charge in [-0.15, -0.1) is 11.3 Å². The second kappa shape index (κ2) is 6.29. The van der Waals surface area contributed by atoms with Gasteiger partial charge in [-0.2, -0.15) is 0 Å². The molecule has 3 nitrogen and oxygen atoms in total. The Labute approximate surface area is 117 Å². The highest BCUT2D eigenvalue weighted by Crippen LogP contribution is 2.38. The third kappa shape index (κ3) is 3.09. The molecule has 1 heterocycles. The Morgan fingerprint density at radius 1 is 0.947 bits per heavy atom. The zero-order valence-corrected chi connectivity index (χ0v) is 12.0. The minimum absolute atomic E-state index is 0.610. The van der Waals surface area contributed by atoms with Crippen LogP contribution in [-0.2, 0) is 0 Å². The van der Waals surface area contributed by atoms with E-state index in [1.54, 1.807) is 32.7 Å². The zero-order chi connectivity index (χ0) is 13.7. The van der Waals surface area contributed by atoms with Gasteiger partial charge in [0, 0.05) is 4.88 Å². The average Bonchev–Trinajstić information content (AvgIpc) is 2.97. The van der Waals surface area contributed by atoms with Gasteiger partial charge in [0.2, 0.25) is 5.75 Å².